The van der Waals surface area contributed by atoms with Crippen molar-refractivity contribution in [2.75, 3.05) is 11.5 Å². The highest BCUT2D eigenvalue weighted by Crippen LogP contribution is 2.15. The third-order valence-corrected chi connectivity index (χ3v) is 5.46. The van der Waals surface area contributed by atoms with Crippen LogP contribution < -0.4 is 5.32 Å². The summed E-state index contributed by atoms with van der Waals surface area (Å²) in [6.07, 6.45) is 2.36. The van der Waals surface area contributed by atoms with E-state index < -0.39 is 9.84 Å². The molecule has 0 spiro atoms. The molecule has 0 aliphatic carbocycles. The van der Waals surface area contributed by atoms with Gasteiger partial charge in [0.2, 0.25) is 0 Å². The first-order chi connectivity index (χ1) is 8.94. The molecule has 19 heavy (non-hydrogen) atoms. The Morgan fingerprint density at radius 2 is 2.05 bits per heavy atom. The fraction of sp³-hybridized carbons (Fsp3) is 0.571. The Morgan fingerprint density at radius 3 is 2.68 bits per heavy atom. The third-order valence-electron chi connectivity index (χ3n) is 3.51. The average Bonchev–Trinajstić information content (AvgIpc) is 2.32. The minimum absolute atomic E-state index is 0.314. The summed E-state index contributed by atoms with van der Waals surface area (Å²) in [5, 5.41) is 4.27. The Hall–Kier alpha value is -0.580. The number of sulfone groups is 1. The Kier molecular flexibility index (Phi) is 4.87. The predicted octanol–water partition coefficient (Wildman–Crippen LogP) is 2.44. The van der Waals surface area contributed by atoms with Crippen LogP contribution in [0.2, 0.25) is 5.02 Å². The summed E-state index contributed by atoms with van der Waals surface area (Å²) in [6, 6.07) is 8.51. The van der Waals surface area contributed by atoms with Crippen LogP contribution in [-0.2, 0) is 16.3 Å². The van der Waals surface area contributed by atoms with Gasteiger partial charge in [0, 0.05) is 17.1 Å². The minimum Gasteiger partial charge on any atom is -0.311 e. The summed E-state index contributed by atoms with van der Waals surface area (Å²) in [7, 11) is -2.77. The molecule has 0 amide bonds. The van der Waals surface area contributed by atoms with E-state index in [4.69, 9.17) is 11.6 Å². The number of benzene rings is 1. The Bertz CT molecular complexity index is 516. The molecule has 1 N–H and O–H groups in total. The van der Waals surface area contributed by atoms with Gasteiger partial charge in [-0.1, -0.05) is 23.7 Å². The van der Waals surface area contributed by atoms with Gasteiger partial charge in [-0.3, -0.25) is 0 Å². The Labute approximate surface area is 120 Å². The topological polar surface area (TPSA) is 46.2 Å². The second-order valence-corrected chi connectivity index (χ2v) is 8.07. The first kappa shape index (κ1) is 14.8. The van der Waals surface area contributed by atoms with Gasteiger partial charge < -0.3 is 5.32 Å². The van der Waals surface area contributed by atoms with E-state index in [1.807, 2.05) is 18.2 Å². The highest BCUT2D eigenvalue weighted by Gasteiger charge is 2.24. The first-order valence-electron chi connectivity index (χ1n) is 6.65. The van der Waals surface area contributed by atoms with Gasteiger partial charge in [0.05, 0.1) is 11.5 Å². The van der Waals surface area contributed by atoms with Crippen LogP contribution in [0.3, 0.4) is 0 Å². The van der Waals surface area contributed by atoms with Crippen LogP contribution in [0.15, 0.2) is 24.3 Å². The summed E-state index contributed by atoms with van der Waals surface area (Å²) >= 11 is 5.96. The van der Waals surface area contributed by atoms with Crippen LogP contribution in [0, 0.1) is 0 Å². The number of halogens is 1. The van der Waals surface area contributed by atoms with Crippen molar-refractivity contribution in [1.29, 1.82) is 0 Å². The summed E-state index contributed by atoms with van der Waals surface area (Å²) in [5.41, 5.74) is 1.20. The molecule has 3 nitrogen and oxygen atoms in total. The summed E-state index contributed by atoms with van der Waals surface area (Å²) in [4.78, 5) is 0. The van der Waals surface area contributed by atoms with Crippen molar-refractivity contribution >= 4 is 21.4 Å². The molecular formula is C14H20ClNO2S. The van der Waals surface area contributed by atoms with Crippen molar-refractivity contribution < 1.29 is 8.42 Å². The maximum Gasteiger partial charge on any atom is 0.150 e. The van der Waals surface area contributed by atoms with Crippen molar-refractivity contribution in [2.24, 2.45) is 0 Å². The third kappa shape index (κ3) is 4.79. The van der Waals surface area contributed by atoms with E-state index in [2.05, 4.69) is 18.3 Å². The normalized spacial score (nSPS) is 21.2. The molecule has 5 heteroatoms. The van der Waals surface area contributed by atoms with E-state index in [0.29, 0.717) is 23.6 Å². The molecule has 2 rings (SSSR count). The molecule has 0 aromatic heterocycles. The lowest BCUT2D eigenvalue weighted by molar-refractivity contribution is 0.411. The number of hydrogen-bond donors (Lipinski definition) is 1. The van der Waals surface area contributed by atoms with E-state index in [1.165, 1.54) is 5.56 Å². The maximum atomic E-state index is 11.4. The largest absolute Gasteiger partial charge is 0.311 e. The number of nitrogens with one attached hydrogen (secondary N) is 1. The average molecular weight is 302 g/mol. The lowest BCUT2D eigenvalue weighted by atomic mass is 10.0. The zero-order valence-electron chi connectivity index (χ0n) is 11.1. The van der Waals surface area contributed by atoms with Crippen LogP contribution in [0.25, 0.3) is 0 Å². The summed E-state index contributed by atoms with van der Waals surface area (Å²) < 4.78 is 22.7. The van der Waals surface area contributed by atoms with Crippen LogP contribution in [-0.4, -0.2) is 32.0 Å². The lowest BCUT2D eigenvalue weighted by Gasteiger charge is -2.26. The van der Waals surface area contributed by atoms with Gasteiger partial charge in [-0.05, 0) is 43.9 Å². The molecule has 0 radical (unpaired) electrons. The van der Waals surface area contributed by atoms with Crippen LogP contribution in [0.4, 0.5) is 0 Å². The zero-order chi connectivity index (χ0) is 13.9. The van der Waals surface area contributed by atoms with E-state index in [9.17, 15) is 8.42 Å². The second kappa shape index (κ2) is 6.25. The Morgan fingerprint density at radius 1 is 1.37 bits per heavy atom. The fourth-order valence-electron chi connectivity index (χ4n) is 2.54. The van der Waals surface area contributed by atoms with Gasteiger partial charge in [-0.25, -0.2) is 8.42 Å². The number of rotatable bonds is 4. The van der Waals surface area contributed by atoms with E-state index in [1.54, 1.807) is 0 Å². The molecular weight excluding hydrogens is 282 g/mol. The quantitative estimate of drug-likeness (QED) is 0.929. The monoisotopic (exact) mass is 301 g/mol. The second-order valence-electron chi connectivity index (χ2n) is 5.33. The zero-order valence-corrected chi connectivity index (χ0v) is 12.7. The fourth-order valence-corrected chi connectivity index (χ4v) is 4.24. The van der Waals surface area contributed by atoms with Gasteiger partial charge in [0.1, 0.15) is 9.84 Å². The molecule has 106 valence electrons. The van der Waals surface area contributed by atoms with E-state index in [-0.39, 0.29) is 0 Å². The SMILES string of the molecule is CC(Cc1cccc(Cl)c1)NC1CCS(=O)(=O)CC1. The highest BCUT2D eigenvalue weighted by atomic mass is 35.5. The molecule has 1 aliphatic rings. The van der Waals surface area contributed by atoms with Crippen molar-refractivity contribution in [1.82, 2.24) is 5.32 Å². The smallest absolute Gasteiger partial charge is 0.150 e. The van der Waals surface area contributed by atoms with Crippen molar-refractivity contribution in [3.05, 3.63) is 34.9 Å². The van der Waals surface area contributed by atoms with Crippen LogP contribution in [0.5, 0.6) is 0 Å². The van der Waals surface area contributed by atoms with E-state index >= 15 is 0 Å². The molecule has 1 aromatic carbocycles. The van der Waals surface area contributed by atoms with Crippen LogP contribution >= 0.6 is 11.6 Å². The molecule has 1 heterocycles. The Balaban J connectivity index is 1.83. The van der Waals surface area contributed by atoms with E-state index in [0.717, 1.165) is 24.3 Å². The number of hydrogen-bond acceptors (Lipinski definition) is 3. The molecule has 1 unspecified atom stereocenters. The van der Waals surface area contributed by atoms with Crippen molar-refractivity contribution in [3.8, 4) is 0 Å². The van der Waals surface area contributed by atoms with Crippen molar-refractivity contribution in [3.63, 3.8) is 0 Å². The molecule has 1 fully saturated rings. The molecule has 1 atom stereocenters. The first-order valence-corrected chi connectivity index (χ1v) is 8.85. The molecule has 0 saturated carbocycles. The molecule has 1 aliphatic heterocycles. The van der Waals surface area contributed by atoms with Gasteiger partial charge in [-0.2, -0.15) is 0 Å². The lowest BCUT2D eigenvalue weighted by Crippen LogP contribution is -2.42. The molecule has 0 bridgehead atoms. The van der Waals surface area contributed by atoms with Gasteiger partial charge in [-0.15, -0.1) is 0 Å². The standard InChI is InChI=1S/C14H20ClNO2S/c1-11(9-12-3-2-4-13(15)10-12)16-14-5-7-19(17,18)8-6-14/h2-4,10-11,14,16H,5-9H2,1H3. The van der Waals surface area contributed by atoms with Gasteiger partial charge in [0.15, 0.2) is 0 Å². The van der Waals surface area contributed by atoms with Crippen LogP contribution in [0.1, 0.15) is 25.3 Å². The predicted molar refractivity (Wildman–Crippen MR) is 79.4 cm³/mol. The van der Waals surface area contributed by atoms with Gasteiger partial charge in [0.25, 0.3) is 0 Å². The molecule has 1 aromatic rings. The summed E-state index contributed by atoms with van der Waals surface area (Å²) in [5.74, 6) is 0.628. The maximum absolute atomic E-state index is 11.4. The minimum atomic E-state index is -2.77. The summed E-state index contributed by atoms with van der Waals surface area (Å²) in [6.45, 7) is 2.13. The van der Waals surface area contributed by atoms with Gasteiger partial charge >= 0.3 is 0 Å². The highest BCUT2D eigenvalue weighted by molar-refractivity contribution is 7.91. The van der Waals surface area contributed by atoms with Crippen molar-refractivity contribution in [2.45, 2.75) is 38.3 Å². The molecule has 1 saturated heterocycles.